The van der Waals surface area contributed by atoms with Crippen LogP contribution in [0, 0.1) is 23.2 Å². The van der Waals surface area contributed by atoms with Gasteiger partial charge in [-0.25, -0.2) is 4.79 Å². The number of likely N-dealkylation sites (tertiary alicyclic amines) is 3. The predicted molar refractivity (Wildman–Crippen MR) is 135 cm³/mol. The van der Waals surface area contributed by atoms with Crippen molar-refractivity contribution in [3.05, 3.63) is 29.3 Å². The highest BCUT2D eigenvalue weighted by Gasteiger charge is 2.76. The normalized spacial score (nSPS) is 41.9. The highest BCUT2D eigenvalue weighted by Crippen LogP contribution is 2.75. The molecule has 5 nitrogen and oxygen atoms in total. The number of benzene rings is 1. The van der Waals surface area contributed by atoms with Crippen molar-refractivity contribution in [3.63, 3.8) is 0 Å². The highest BCUT2D eigenvalue weighted by atomic mass is 16.3. The van der Waals surface area contributed by atoms with Gasteiger partial charge in [0.2, 0.25) is 0 Å². The number of hydrogen-bond acceptors (Lipinski definition) is 3. The average Bonchev–Trinajstić information content (AvgIpc) is 3.60. The van der Waals surface area contributed by atoms with Gasteiger partial charge in [-0.2, -0.15) is 0 Å². The molecule has 4 bridgehead atoms. The van der Waals surface area contributed by atoms with Crippen LogP contribution in [0.2, 0.25) is 0 Å². The Morgan fingerprint density at radius 1 is 1.03 bits per heavy atom. The van der Waals surface area contributed by atoms with Crippen molar-refractivity contribution in [2.45, 2.75) is 88.1 Å². The van der Waals surface area contributed by atoms with Crippen LogP contribution in [-0.4, -0.2) is 70.6 Å². The first-order valence-corrected chi connectivity index (χ1v) is 14.7. The van der Waals surface area contributed by atoms with Gasteiger partial charge in [0.25, 0.3) is 0 Å². The number of aromatic hydroxyl groups is 1. The second kappa shape index (κ2) is 7.40. The number of phenolic OH excluding ortho intramolecular Hbond substituents is 1. The van der Waals surface area contributed by atoms with Crippen LogP contribution < -0.4 is 0 Å². The number of carbonyl (C=O) groups is 1. The van der Waals surface area contributed by atoms with E-state index in [0.717, 1.165) is 44.8 Å². The number of fused-ring (bicyclic) bond motifs is 1. The van der Waals surface area contributed by atoms with Crippen molar-refractivity contribution in [2.75, 3.05) is 32.7 Å². The summed E-state index contributed by atoms with van der Waals surface area (Å²) in [5.41, 5.74) is 3.44. The third kappa shape index (κ3) is 2.77. The summed E-state index contributed by atoms with van der Waals surface area (Å²) in [7, 11) is 0. The van der Waals surface area contributed by atoms with Gasteiger partial charge in [0.1, 0.15) is 5.75 Å². The minimum Gasteiger partial charge on any atom is -0.508 e. The lowest BCUT2D eigenvalue weighted by Gasteiger charge is -2.66. The lowest BCUT2D eigenvalue weighted by Crippen LogP contribution is -2.70. The van der Waals surface area contributed by atoms with Gasteiger partial charge >= 0.3 is 6.03 Å². The molecular weight excluding hydrogens is 434 g/mol. The van der Waals surface area contributed by atoms with Crippen LogP contribution in [0.1, 0.15) is 75.3 Å². The maximum absolute atomic E-state index is 13.9. The first kappa shape index (κ1) is 21.3. The summed E-state index contributed by atoms with van der Waals surface area (Å²) < 4.78 is 0. The molecule has 3 saturated heterocycles. The zero-order valence-corrected chi connectivity index (χ0v) is 21.1. The molecule has 0 aromatic heterocycles. The summed E-state index contributed by atoms with van der Waals surface area (Å²) in [5.74, 6) is 2.55. The monoisotopic (exact) mass is 475 g/mol. The molecule has 8 rings (SSSR count). The standard InChI is InChI=1S/C30H41N3O2/c34-23-8-7-21-15-26-29-10-9-25-27(30(29,24(21)16-23)11-14-32(26)18-20-5-6-20)22(17-29)19-33(25)28(35)31-12-3-1-2-4-13-31/h7-8,16,20,22,25-27,34H,1-6,9-15,17-19H2/t22-,25?,26?,27?,29?,30?/m1/s1. The smallest absolute Gasteiger partial charge is 0.320 e. The van der Waals surface area contributed by atoms with E-state index in [1.165, 1.54) is 75.6 Å². The minimum atomic E-state index is 0.144. The number of amides is 2. The van der Waals surface area contributed by atoms with Crippen molar-refractivity contribution in [1.82, 2.24) is 14.7 Å². The molecule has 6 fully saturated rings. The van der Waals surface area contributed by atoms with Crippen LogP contribution in [0.5, 0.6) is 5.75 Å². The molecule has 5 heteroatoms. The van der Waals surface area contributed by atoms with E-state index < -0.39 is 0 Å². The molecule has 1 N–H and O–H groups in total. The molecule has 35 heavy (non-hydrogen) atoms. The van der Waals surface area contributed by atoms with Crippen LogP contribution in [-0.2, 0) is 11.8 Å². The van der Waals surface area contributed by atoms with E-state index in [1.54, 1.807) is 0 Å². The number of nitrogens with zero attached hydrogens (tertiary/aromatic N) is 3. The SMILES string of the molecule is O=C(N1CCCCCC1)N1C[C@H]2CC34CCC1C2C31CCN(CC2CC2)C4Cc2ccc(O)cc21. The summed E-state index contributed by atoms with van der Waals surface area (Å²) in [5, 5.41) is 10.6. The minimum absolute atomic E-state index is 0.144. The molecule has 1 aromatic carbocycles. The van der Waals surface area contributed by atoms with Gasteiger partial charge in [-0.05, 0) is 111 Å². The van der Waals surface area contributed by atoms with E-state index in [-0.39, 0.29) is 5.41 Å². The van der Waals surface area contributed by atoms with Crippen LogP contribution in [0.4, 0.5) is 4.79 Å². The molecule has 7 aliphatic rings. The van der Waals surface area contributed by atoms with E-state index >= 15 is 0 Å². The zero-order chi connectivity index (χ0) is 23.4. The molecule has 6 atom stereocenters. The number of hydrogen-bond donors (Lipinski definition) is 1. The summed E-state index contributed by atoms with van der Waals surface area (Å²) in [4.78, 5) is 21.3. The van der Waals surface area contributed by atoms with Crippen molar-refractivity contribution in [1.29, 1.82) is 0 Å². The van der Waals surface area contributed by atoms with E-state index in [9.17, 15) is 9.90 Å². The zero-order valence-electron chi connectivity index (χ0n) is 21.1. The highest BCUT2D eigenvalue weighted by molar-refractivity contribution is 5.76. The molecule has 3 saturated carbocycles. The summed E-state index contributed by atoms with van der Waals surface area (Å²) in [6, 6.07) is 7.68. The fourth-order valence-corrected chi connectivity index (χ4v) is 10.6. The van der Waals surface area contributed by atoms with E-state index in [4.69, 9.17) is 0 Å². The Bertz CT molecular complexity index is 1050. The molecule has 2 amide bonds. The van der Waals surface area contributed by atoms with Crippen LogP contribution in [0.15, 0.2) is 18.2 Å². The Labute approximate surface area is 209 Å². The third-order valence-electron chi connectivity index (χ3n) is 11.9. The summed E-state index contributed by atoms with van der Waals surface area (Å²) in [6.45, 7) is 5.36. The van der Waals surface area contributed by atoms with Crippen molar-refractivity contribution < 1.29 is 9.90 Å². The first-order chi connectivity index (χ1) is 17.1. The predicted octanol–water partition coefficient (Wildman–Crippen LogP) is 4.77. The number of rotatable bonds is 2. The van der Waals surface area contributed by atoms with E-state index in [2.05, 4.69) is 26.8 Å². The van der Waals surface area contributed by atoms with Crippen molar-refractivity contribution in [2.24, 2.45) is 23.2 Å². The van der Waals surface area contributed by atoms with Gasteiger partial charge in [0, 0.05) is 43.7 Å². The number of piperidine rings is 1. The largest absolute Gasteiger partial charge is 0.508 e. The molecule has 188 valence electrons. The molecular formula is C30H41N3O2. The van der Waals surface area contributed by atoms with Gasteiger partial charge in [-0.3, -0.25) is 4.90 Å². The van der Waals surface area contributed by atoms with Gasteiger partial charge in [-0.15, -0.1) is 0 Å². The molecule has 3 heterocycles. The van der Waals surface area contributed by atoms with Crippen LogP contribution in [0.3, 0.4) is 0 Å². The maximum atomic E-state index is 13.9. The van der Waals surface area contributed by atoms with E-state index in [0.29, 0.717) is 41.1 Å². The molecule has 1 aromatic rings. The lowest BCUT2D eigenvalue weighted by molar-refractivity contribution is -0.102. The molecule has 0 radical (unpaired) electrons. The number of urea groups is 1. The Morgan fingerprint density at radius 2 is 1.86 bits per heavy atom. The molecule has 4 aliphatic carbocycles. The second-order valence-electron chi connectivity index (χ2n) is 13.3. The van der Waals surface area contributed by atoms with Crippen LogP contribution >= 0.6 is 0 Å². The van der Waals surface area contributed by atoms with Gasteiger partial charge in [-0.1, -0.05) is 18.9 Å². The summed E-state index contributed by atoms with van der Waals surface area (Å²) >= 11 is 0. The number of carbonyl (C=O) groups excluding carboxylic acids is 1. The van der Waals surface area contributed by atoms with Crippen molar-refractivity contribution in [3.8, 4) is 5.75 Å². The third-order valence-corrected chi connectivity index (χ3v) is 11.9. The lowest BCUT2D eigenvalue weighted by atomic mass is 9.43. The summed E-state index contributed by atoms with van der Waals surface area (Å²) in [6.07, 6.45) is 13.8. The Kier molecular flexibility index (Phi) is 4.51. The second-order valence-corrected chi connectivity index (χ2v) is 13.3. The van der Waals surface area contributed by atoms with Gasteiger partial charge in [0.15, 0.2) is 0 Å². The Balaban J connectivity index is 1.20. The molecule has 3 aliphatic heterocycles. The van der Waals surface area contributed by atoms with Crippen molar-refractivity contribution >= 4 is 6.03 Å². The van der Waals surface area contributed by atoms with Gasteiger partial charge in [0.05, 0.1) is 0 Å². The average molecular weight is 476 g/mol. The molecule has 0 spiro atoms. The Hall–Kier alpha value is -1.75. The van der Waals surface area contributed by atoms with Gasteiger partial charge < -0.3 is 14.9 Å². The fourth-order valence-electron chi connectivity index (χ4n) is 10.6. The van der Waals surface area contributed by atoms with Crippen LogP contribution in [0.25, 0.3) is 0 Å². The quantitative estimate of drug-likeness (QED) is 0.671. The topological polar surface area (TPSA) is 47.0 Å². The maximum Gasteiger partial charge on any atom is 0.320 e. The number of phenols is 1. The Morgan fingerprint density at radius 3 is 2.66 bits per heavy atom. The molecule has 5 unspecified atom stereocenters. The first-order valence-electron chi connectivity index (χ1n) is 14.7. The fraction of sp³-hybridized carbons (Fsp3) is 0.767. The van der Waals surface area contributed by atoms with E-state index in [1.807, 2.05) is 6.07 Å².